The van der Waals surface area contributed by atoms with Crippen LogP contribution < -0.4 is 20.6 Å². The number of amides is 1. The number of hydrogen-bond acceptors (Lipinski definition) is 7. The monoisotopic (exact) mass is 456 g/mol. The average Bonchev–Trinajstić information content (AvgIpc) is 2.76. The molecule has 1 heterocycles. The molecule has 33 heavy (non-hydrogen) atoms. The third kappa shape index (κ3) is 7.88. The number of benzene rings is 2. The number of hydrogen-bond donors (Lipinski definition) is 2. The van der Waals surface area contributed by atoms with Crippen molar-refractivity contribution in [2.75, 3.05) is 25.6 Å². The molecule has 9 nitrogen and oxygen atoms in total. The van der Waals surface area contributed by atoms with Crippen molar-refractivity contribution in [3.63, 3.8) is 0 Å². The number of alkyl carbamates (subject to hydrolysis) is 1. The minimum Gasteiger partial charge on any atom is -0.497 e. The molecule has 0 saturated heterocycles. The first-order valence-corrected chi connectivity index (χ1v) is 10.1. The number of carboxylic acid groups (broad SMARTS) is 1. The van der Waals surface area contributed by atoms with Gasteiger partial charge in [-0.05, 0) is 57.2 Å². The quantitative estimate of drug-likeness (QED) is 0.549. The minimum absolute atomic E-state index is 0.357. The molecule has 0 aliphatic rings. The van der Waals surface area contributed by atoms with Gasteiger partial charge in [-0.2, -0.15) is 0 Å². The first kappa shape index (κ1) is 25.3. The van der Waals surface area contributed by atoms with Gasteiger partial charge in [0.05, 0.1) is 12.8 Å². The van der Waals surface area contributed by atoms with Crippen LogP contribution in [0.4, 0.5) is 16.2 Å². The Balaban J connectivity index is 0.000000277. The average molecular weight is 456 g/mol. The fourth-order valence-corrected chi connectivity index (χ4v) is 2.78. The summed E-state index contributed by atoms with van der Waals surface area (Å²) in [6, 6.07) is 16.7. The third-order valence-corrected chi connectivity index (χ3v) is 4.23. The number of anilines is 2. The number of para-hydroxylation sites is 1. The van der Waals surface area contributed by atoms with E-state index in [-0.39, 0.29) is 5.63 Å². The number of aliphatic carboxylic acids is 1. The van der Waals surface area contributed by atoms with Crippen molar-refractivity contribution in [1.82, 2.24) is 5.32 Å². The topological polar surface area (TPSA) is 118 Å². The van der Waals surface area contributed by atoms with Crippen molar-refractivity contribution in [3.8, 4) is 5.75 Å². The Morgan fingerprint density at radius 1 is 1.09 bits per heavy atom. The van der Waals surface area contributed by atoms with Gasteiger partial charge >= 0.3 is 17.7 Å². The fourth-order valence-electron chi connectivity index (χ4n) is 2.78. The molecule has 0 aliphatic heterocycles. The molecular formula is C24H28N2O7. The van der Waals surface area contributed by atoms with Gasteiger partial charge in [0.1, 0.15) is 23.5 Å². The molecule has 1 amide bonds. The van der Waals surface area contributed by atoms with Crippen LogP contribution in [0.5, 0.6) is 5.75 Å². The van der Waals surface area contributed by atoms with E-state index in [1.165, 1.54) is 6.07 Å². The van der Waals surface area contributed by atoms with Crippen molar-refractivity contribution in [3.05, 3.63) is 65.0 Å². The Bertz CT molecular complexity index is 1150. The Kier molecular flexibility index (Phi) is 8.44. The standard InChI is InChI=1S/C17H15NO3.C7H13NO4/c1-18(12-7-9-13(20-2)10-8-12)15-11-17(19)21-16-6-4-3-5-14(15)16;1-7(2,3)12-6(11)8-4-5(9)10/h3-11H,1-2H3;4H2,1-3H3,(H,8,11)(H,9,10). The van der Waals surface area contributed by atoms with Crippen LogP contribution >= 0.6 is 0 Å². The molecule has 2 N–H and O–H groups in total. The molecule has 1 aromatic heterocycles. The molecule has 0 saturated carbocycles. The second-order valence-electron chi connectivity index (χ2n) is 7.95. The summed E-state index contributed by atoms with van der Waals surface area (Å²) in [5.41, 5.74) is 1.41. The second kappa shape index (κ2) is 11.0. The highest BCUT2D eigenvalue weighted by Crippen LogP contribution is 2.30. The zero-order chi connectivity index (χ0) is 24.6. The summed E-state index contributed by atoms with van der Waals surface area (Å²) in [6.07, 6.45) is -0.718. The Labute approximate surface area is 191 Å². The molecule has 0 fully saturated rings. The summed E-state index contributed by atoms with van der Waals surface area (Å²) in [7, 11) is 3.55. The predicted molar refractivity (Wildman–Crippen MR) is 125 cm³/mol. The van der Waals surface area contributed by atoms with E-state index < -0.39 is 24.2 Å². The molecule has 0 atom stereocenters. The molecule has 0 aliphatic carbocycles. The van der Waals surface area contributed by atoms with Crippen LogP contribution in [0.25, 0.3) is 11.0 Å². The number of fused-ring (bicyclic) bond motifs is 1. The predicted octanol–water partition coefficient (Wildman–Crippen LogP) is 4.17. The zero-order valence-corrected chi connectivity index (χ0v) is 19.2. The number of nitrogens with one attached hydrogen (secondary N) is 1. The van der Waals surface area contributed by atoms with E-state index in [4.69, 9.17) is 19.0 Å². The molecule has 9 heteroatoms. The van der Waals surface area contributed by atoms with Crippen LogP contribution in [0.1, 0.15) is 20.8 Å². The van der Waals surface area contributed by atoms with Crippen LogP contribution in [0, 0.1) is 0 Å². The number of nitrogens with zero attached hydrogens (tertiary/aromatic N) is 1. The van der Waals surface area contributed by atoms with E-state index >= 15 is 0 Å². The number of rotatable bonds is 5. The van der Waals surface area contributed by atoms with Gasteiger partial charge in [-0.1, -0.05) is 12.1 Å². The van der Waals surface area contributed by atoms with Gasteiger partial charge in [0, 0.05) is 24.2 Å². The maximum atomic E-state index is 11.7. The van der Waals surface area contributed by atoms with Crippen molar-refractivity contribution >= 4 is 34.4 Å². The highest BCUT2D eigenvalue weighted by Gasteiger charge is 2.16. The molecule has 3 rings (SSSR count). The van der Waals surface area contributed by atoms with E-state index in [1.807, 2.05) is 54.4 Å². The highest BCUT2D eigenvalue weighted by atomic mass is 16.6. The van der Waals surface area contributed by atoms with Crippen molar-refractivity contribution < 1.29 is 28.6 Å². The third-order valence-electron chi connectivity index (χ3n) is 4.23. The molecule has 3 aromatic rings. The maximum absolute atomic E-state index is 11.7. The molecular weight excluding hydrogens is 428 g/mol. The fraction of sp³-hybridized carbons (Fsp3) is 0.292. The van der Waals surface area contributed by atoms with Gasteiger partial charge in [0.15, 0.2) is 0 Å². The Morgan fingerprint density at radius 3 is 2.30 bits per heavy atom. The molecule has 0 spiro atoms. The maximum Gasteiger partial charge on any atom is 0.408 e. The van der Waals surface area contributed by atoms with Crippen LogP contribution in [0.2, 0.25) is 0 Å². The van der Waals surface area contributed by atoms with Gasteiger partial charge < -0.3 is 29.2 Å². The zero-order valence-electron chi connectivity index (χ0n) is 19.2. The smallest absolute Gasteiger partial charge is 0.408 e. The summed E-state index contributed by atoms with van der Waals surface area (Å²) in [6.45, 7) is 4.68. The highest BCUT2D eigenvalue weighted by molar-refractivity contribution is 5.92. The summed E-state index contributed by atoms with van der Waals surface area (Å²) in [5, 5.41) is 11.2. The molecule has 176 valence electrons. The lowest BCUT2D eigenvalue weighted by Crippen LogP contribution is -2.35. The van der Waals surface area contributed by atoms with E-state index in [0.29, 0.717) is 5.58 Å². The van der Waals surface area contributed by atoms with Crippen LogP contribution in [0.15, 0.2) is 63.8 Å². The van der Waals surface area contributed by atoms with Crippen LogP contribution in [0.3, 0.4) is 0 Å². The van der Waals surface area contributed by atoms with Crippen molar-refractivity contribution in [2.24, 2.45) is 0 Å². The molecule has 0 radical (unpaired) electrons. The lowest BCUT2D eigenvalue weighted by molar-refractivity contribution is -0.136. The molecule has 2 aromatic carbocycles. The van der Waals surface area contributed by atoms with Gasteiger partial charge in [0.2, 0.25) is 0 Å². The normalized spacial score (nSPS) is 10.6. The van der Waals surface area contributed by atoms with E-state index in [2.05, 4.69) is 5.32 Å². The number of ether oxygens (including phenoxy) is 2. The van der Waals surface area contributed by atoms with E-state index in [9.17, 15) is 14.4 Å². The second-order valence-corrected chi connectivity index (χ2v) is 7.95. The lowest BCUT2D eigenvalue weighted by Gasteiger charge is -2.20. The summed E-state index contributed by atoms with van der Waals surface area (Å²) in [5.74, 6) is -0.301. The van der Waals surface area contributed by atoms with Crippen LogP contribution in [-0.4, -0.2) is 43.5 Å². The summed E-state index contributed by atoms with van der Waals surface area (Å²) >= 11 is 0. The summed E-state index contributed by atoms with van der Waals surface area (Å²) in [4.78, 5) is 34.4. The number of methoxy groups -OCH3 is 1. The van der Waals surface area contributed by atoms with Gasteiger partial charge in [0.25, 0.3) is 0 Å². The first-order chi connectivity index (χ1) is 15.5. The number of carbonyl (C=O) groups excluding carboxylic acids is 1. The number of carboxylic acids is 1. The van der Waals surface area contributed by atoms with Gasteiger partial charge in [-0.25, -0.2) is 9.59 Å². The van der Waals surface area contributed by atoms with E-state index in [0.717, 1.165) is 22.5 Å². The number of carbonyl (C=O) groups is 2. The first-order valence-electron chi connectivity index (χ1n) is 10.1. The van der Waals surface area contributed by atoms with Crippen molar-refractivity contribution in [1.29, 1.82) is 0 Å². The Morgan fingerprint density at radius 2 is 1.73 bits per heavy atom. The Hall–Kier alpha value is -4.01. The van der Waals surface area contributed by atoms with E-state index in [1.54, 1.807) is 33.9 Å². The lowest BCUT2D eigenvalue weighted by atomic mass is 10.1. The van der Waals surface area contributed by atoms with Gasteiger partial charge in [-0.15, -0.1) is 0 Å². The minimum atomic E-state index is -1.10. The largest absolute Gasteiger partial charge is 0.497 e. The molecule has 0 unspecified atom stereocenters. The molecule has 0 bridgehead atoms. The van der Waals surface area contributed by atoms with Crippen LogP contribution in [-0.2, 0) is 9.53 Å². The van der Waals surface area contributed by atoms with Gasteiger partial charge in [-0.3, -0.25) is 4.79 Å². The summed E-state index contributed by atoms with van der Waals surface area (Å²) < 4.78 is 15.2. The SMILES string of the molecule is CC(C)(C)OC(=O)NCC(=O)O.COc1ccc(N(C)c2cc(=O)oc3ccccc23)cc1. The van der Waals surface area contributed by atoms with Crippen molar-refractivity contribution in [2.45, 2.75) is 26.4 Å².